The summed E-state index contributed by atoms with van der Waals surface area (Å²) in [6.45, 7) is 11.1. The van der Waals surface area contributed by atoms with E-state index < -0.39 is 5.60 Å². The first-order chi connectivity index (χ1) is 14.2. The zero-order valence-electron chi connectivity index (χ0n) is 18.1. The van der Waals surface area contributed by atoms with Gasteiger partial charge >= 0.3 is 6.09 Å². The van der Waals surface area contributed by atoms with Gasteiger partial charge < -0.3 is 14.5 Å². The lowest BCUT2D eigenvalue weighted by Gasteiger charge is -2.45. The third kappa shape index (κ3) is 4.08. The van der Waals surface area contributed by atoms with Crippen molar-refractivity contribution in [2.75, 3.05) is 18.0 Å². The van der Waals surface area contributed by atoms with E-state index >= 15 is 0 Å². The summed E-state index contributed by atoms with van der Waals surface area (Å²) in [6.07, 6.45) is 7.11. The molecule has 0 radical (unpaired) electrons. The van der Waals surface area contributed by atoms with E-state index in [0.717, 1.165) is 22.6 Å². The van der Waals surface area contributed by atoms with Gasteiger partial charge in [-0.3, -0.25) is 0 Å². The first-order valence-corrected chi connectivity index (χ1v) is 10.2. The number of pyridine rings is 1. The van der Waals surface area contributed by atoms with Crippen molar-refractivity contribution in [1.82, 2.24) is 24.5 Å². The van der Waals surface area contributed by atoms with Crippen LogP contribution in [0.25, 0.3) is 16.8 Å². The number of piperazine rings is 1. The topological polar surface area (TPSA) is 75.9 Å². The maximum absolute atomic E-state index is 12.5. The lowest BCUT2D eigenvalue weighted by molar-refractivity contribution is 0.0192. The highest BCUT2D eigenvalue weighted by molar-refractivity contribution is 5.69. The molecule has 4 heterocycles. The highest BCUT2D eigenvalue weighted by Crippen LogP contribution is 2.26. The molecule has 2 unspecified atom stereocenters. The maximum atomic E-state index is 12.5. The summed E-state index contributed by atoms with van der Waals surface area (Å²) in [5, 5.41) is 4.24. The third-order valence-corrected chi connectivity index (χ3v) is 5.16. The van der Waals surface area contributed by atoms with Crippen molar-refractivity contribution in [2.24, 2.45) is 0 Å². The second-order valence-electron chi connectivity index (χ2n) is 8.87. The maximum Gasteiger partial charge on any atom is 0.410 e. The first kappa shape index (κ1) is 20.1. The van der Waals surface area contributed by atoms with E-state index in [1.165, 1.54) is 0 Å². The van der Waals surface area contributed by atoms with Crippen LogP contribution in [0.15, 0.2) is 43.0 Å². The molecule has 1 aliphatic rings. The number of carbonyl (C=O) groups is 1. The number of hydrogen-bond donors (Lipinski definition) is 0. The van der Waals surface area contributed by atoms with E-state index in [2.05, 4.69) is 28.8 Å². The Hall–Kier alpha value is -3.16. The molecule has 8 nitrogen and oxygen atoms in total. The molecular formula is C22H28N6O2. The summed E-state index contributed by atoms with van der Waals surface area (Å²) in [6, 6.07) is 6.20. The molecule has 3 aromatic rings. The molecule has 1 fully saturated rings. The first-order valence-electron chi connectivity index (χ1n) is 10.2. The van der Waals surface area contributed by atoms with Crippen LogP contribution < -0.4 is 4.90 Å². The fraction of sp³-hybridized carbons (Fsp3) is 0.455. The minimum Gasteiger partial charge on any atom is -0.444 e. The van der Waals surface area contributed by atoms with E-state index in [9.17, 15) is 4.79 Å². The van der Waals surface area contributed by atoms with E-state index in [4.69, 9.17) is 9.72 Å². The van der Waals surface area contributed by atoms with Crippen molar-refractivity contribution in [2.45, 2.75) is 52.3 Å². The Bertz CT molecular complexity index is 1030. The fourth-order valence-corrected chi connectivity index (χ4v) is 3.92. The molecule has 1 aliphatic heterocycles. The van der Waals surface area contributed by atoms with Crippen LogP contribution in [0, 0.1) is 0 Å². The van der Waals surface area contributed by atoms with Gasteiger partial charge in [-0.05, 0) is 46.8 Å². The van der Waals surface area contributed by atoms with Crippen molar-refractivity contribution in [1.29, 1.82) is 0 Å². The highest BCUT2D eigenvalue weighted by atomic mass is 16.6. The van der Waals surface area contributed by atoms with Gasteiger partial charge in [-0.15, -0.1) is 0 Å². The summed E-state index contributed by atoms with van der Waals surface area (Å²) in [4.78, 5) is 25.7. The predicted octanol–water partition coefficient (Wildman–Crippen LogP) is 3.63. The average molecular weight is 409 g/mol. The van der Waals surface area contributed by atoms with Gasteiger partial charge in [0.05, 0.1) is 6.20 Å². The molecule has 1 amide bonds. The molecule has 0 bridgehead atoms. The van der Waals surface area contributed by atoms with Gasteiger partial charge in [-0.2, -0.15) is 5.10 Å². The molecule has 0 spiro atoms. The summed E-state index contributed by atoms with van der Waals surface area (Å²) < 4.78 is 7.30. The molecule has 4 rings (SSSR count). The monoisotopic (exact) mass is 408 g/mol. The quantitative estimate of drug-likeness (QED) is 0.645. The Morgan fingerprint density at radius 3 is 2.37 bits per heavy atom. The average Bonchev–Trinajstić information content (AvgIpc) is 3.14. The molecule has 3 aromatic heterocycles. The van der Waals surface area contributed by atoms with Crippen molar-refractivity contribution in [3.63, 3.8) is 0 Å². The number of anilines is 1. The smallest absolute Gasteiger partial charge is 0.410 e. The largest absolute Gasteiger partial charge is 0.444 e. The standard InChI is InChI=1S/C22H28N6O2/c1-15-12-26(21(29)30-22(3,4)5)13-16(2)28(15)20-7-6-17(10-24-20)18-11-23-19-8-9-25-27(19)14-18/h6-11,14-16H,12-13H2,1-5H3. The number of rotatable bonds is 2. The Morgan fingerprint density at radius 2 is 1.73 bits per heavy atom. The lowest BCUT2D eigenvalue weighted by atomic mass is 10.1. The summed E-state index contributed by atoms with van der Waals surface area (Å²) in [7, 11) is 0. The molecule has 0 N–H and O–H groups in total. The second kappa shape index (κ2) is 7.59. The van der Waals surface area contributed by atoms with Crippen molar-refractivity contribution >= 4 is 17.6 Å². The van der Waals surface area contributed by atoms with E-state index in [1.807, 2.05) is 57.6 Å². The SMILES string of the molecule is CC1CN(C(=O)OC(C)(C)C)CC(C)N1c1ccc(-c2cnc3ccnn3c2)cn1. The zero-order valence-corrected chi connectivity index (χ0v) is 18.1. The van der Waals surface area contributed by atoms with Crippen molar-refractivity contribution < 1.29 is 9.53 Å². The van der Waals surface area contributed by atoms with Crippen LogP contribution in [-0.2, 0) is 4.74 Å². The van der Waals surface area contributed by atoms with Crippen LogP contribution in [0.2, 0.25) is 0 Å². The molecule has 158 valence electrons. The lowest BCUT2D eigenvalue weighted by Crippen LogP contribution is -2.59. The van der Waals surface area contributed by atoms with Gasteiger partial charge in [0.25, 0.3) is 0 Å². The summed E-state index contributed by atoms with van der Waals surface area (Å²) in [5.74, 6) is 0.899. The van der Waals surface area contributed by atoms with Crippen LogP contribution >= 0.6 is 0 Å². The highest BCUT2D eigenvalue weighted by Gasteiger charge is 2.34. The molecule has 30 heavy (non-hydrogen) atoms. The molecule has 2 atom stereocenters. The van der Waals surface area contributed by atoms with E-state index in [1.54, 1.807) is 15.6 Å². The Labute approximate surface area is 176 Å². The van der Waals surface area contributed by atoms with Gasteiger partial charge in [-0.1, -0.05) is 0 Å². The number of hydrogen-bond acceptors (Lipinski definition) is 6. The van der Waals surface area contributed by atoms with Gasteiger partial charge in [0.15, 0.2) is 5.65 Å². The minimum absolute atomic E-state index is 0.127. The number of carbonyl (C=O) groups excluding carboxylic acids is 1. The molecule has 1 saturated heterocycles. The zero-order chi connectivity index (χ0) is 21.5. The number of amides is 1. The van der Waals surface area contributed by atoms with Gasteiger partial charge in [0, 0.05) is 61.0 Å². The van der Waals surface area contributed by atoms with Crippen LogP contribution in [0.4, 0.5) is 10.6 Å². The number of fused-ring (bicyclic) bond motifs is 1. The van der Waals surface area contributed by atoms with Crippen LogP contribution in [0.5, 0.6) is 0 Å². The van der Waals surface area contributed by atoms with Gasteiger partial charge in [0.1, 0.15) is 11.4 Å². The Kier molecular flexibility index (Phi) is 5.09. The van der Waals surface area contributed by atoms with Crippen LogP contribution in [0.3, 0.4) is 0 Å². The number of ether oxygens (including phenoxy) is 1. The third-order valence-electron chi connectivity index (χ3n) is 5.16. The normalized spacial score (nSPS) is 19.9. The van der Waals surface area contributed by atoms with Crippen molar-refractivity contribution in [3.8, 4) is 11.1 Å². The van der Waals surface area contributed by atoms with Gasteiger partial charge in [0.2, 0.25) is 0 Å². The molecule has 8 heteroatoms. The van der Waals surface area contributed by atoms with Crippen molar-refractivity contribution in [3.05, 3.63) is 43.0 Å². The fourth-order valence-electron chi connectivity index (χ4n) is 3.92. The number of aromatic nitrogens is 4. The minimum atomic E-state index is -0.494. The molecule has 0 aromatic carbocycles. The van der Waals surface area contributed by atoms with E-state index in [-0.39, 0.29) is 18.2 Å². The van der Waals surface area contributed by atoms with Crippen LogP contribution in [-0.4, -0.2) is 61.3 Å². The summed E-state index contributed by atoms with van der Waals surface area (Å²) >= 11 is 0. The van der Waals surface area contributed by atoms with Gasteiger partial charge in [-0.25, -0.2) is 19.3 Å². The molecule has 0 aliphatic carbocycles. The molecule has 0 saturated carbocycles. The number of nitrogens with zero attached hydrogens (tertiary/aromatic N) is 6. The van der Waals surface area contributed by atoms with Crippen LogP contribution in [0.1, 0.15) is 34.6 Å². The predicted molar refractivity (Wildman–Crippen MR) is 115 cm³/mol. The summed E-state index contributed by atoms with van der Waals surface area (Å²) in [5.41, 5.74) is 2.26. The Morgan fingerprint density at radius 1 is 1.03 bits per heavy atom. The second-order valence-corrected chi connectivity index (χ2v) is 8.87. The molecular weight excluding hydrogens is 380 g/mol. The van der Waals surface area contributed by atoms with E-state index in [0.29, 0.717) is 13.1 Å². The Balaban J connectivity index is 1.49.